The Morgan fingerprint density at radius 2 is 2.04 bits per heavy atom. The molecule has 8 heteroatoms. The standard InChI is InChI=1S/C18H14ClF2N3O2/c1-11-8-13(3-4-14(11)19)26-10-24-7-6-17(23-24)18(25)22-16-5-2-12(20)9-15(16)21/h2-9H,10H2,1H3,(H,22,25). The van der Waals surface area contributed by atoms with Crippen molar-refractivity contribution in [1.29, 1.82) is 0 Å². The van der Waals surface area contributed by atoms with E-state index < -0.39 is 17.5 Å². The Labute approximate surface area is 153 Å². The minimum atomic E-state index is -0.862. The van der Waals surface area contributed by atoms with E-state index >= 15 is 0 Å². The fourth-order valence-electron chi connectivity index (χ4n) is 2.18. The van der Waals surface area contributed by atoms with Crippen LogP contribution in [0.1, 0.15) is 16.1 Å². The molecule has 5 nitrogen and oxygen atoms in total. The second-order valence-corrected chi connectivity index (χ2v) is 5.91. The topological polar surface area (TPSA) is 56.1 Å². The van der Waals surface area contributed by atoms with E-state index in [2.05, 4.69) is 10.4 Å². The van der Waals surface area contributed by atoms with Gasteiger partial charge in [-0.1, -0.05) is 11.6 Å². The number of hydrogen-bond acceptors (Lipinski definition) is 3. The van der Waals surface area contributed by atoms with Crippen LogP contribution in [0, 0.1) is 18.6 Å². The van der Waals surface area contributed by atoms with Crippen LogP contribution in [0.2, 0.25) is 5.02 Å². The molecular weight excluding hydrogens is 364 g/mol. The van der Waals surface area contributed by atoms with Gasteiger partial charge in [-0.15, -0.1) is 0 Å². The number of benzene rings is 2. The zero-order valence-corrected chi connectivity index (χ0v) is 14.4. The molecule has 0 bridgehead atoms. The molecule has 26 heavy (non-hydrogen) atoms. The molecule has 0 fully saturated rings. The summed E-state index contributed by atoms with van der Waals surface area (Å²) in [7, 11) is 0. The van der Waals surface area contributed by atoms with Crippen LogP contribution in [0.25, 0.3) is 0 Å². The molecule has 1 heterocycles. The van der Waals surface area contributed by atoms with Gasteiger partial charge in [-0.2, -0.15) is 5.10 Å². The summed E-state index contributed by atoms with van der Waals surface area (Å²) in [5.74, 6) is -1.59. The van der Waals surface area contributed by atoms with Crippen LogP contribution in [0.5, 0.6) is 5.75 Å². The minimum Gasteiger partial charge on any atom is -0.471 e. The third-order valence-electron chi connectivity index (χ3n) is 3.55. The van der Waals surface area contributed by atoms with Crippen molar-refractivity contribution in [2.24, 2.45) is 0 Å². The Morgan fingerprint density at radius 3 is 2.77 bits per heavy atom. The van der Waals surface area contributed by atoms with Gasteiger partial charge in [0.1, 0.15) is 17.4 Å². The molecule has 0 atom stereocenters. The lowest BCUT2D eigenvalue weighted by Crippen LogP contribution is -2.15. The molecule has 0 aliphatic carbocycles. The van der Waals surface area contributed by atoms with Crippen LogP contribution in [0.3, 0.4) is 0 Å². The van der Waals surface area contributed by atoms with Gasteiger partial charge < -0.3 is 10.1 Å². The molecule has 3 aromatic rings. The predicted octanol–water partition coefficient (Wildman–Crippen LogP) is 4.41. The number of hydrogen-bond donors (Lipinski definition) is 1. The number of carbonyl (C=O) groups excluding carboxylic acids is 1. The van der Waals surface area contributed by atoms with Crippen molar-refractivity contribution in [1.82, 2.24) is 9.78 Å². The molecule has 0 saturated carbocycles. The van der Waals surface area contributed by atoms with Crippen LogP contribution in [-0.4, -0.2) is 15.7 Å². The number of ether oxygens (including phenoxy) is 1. The van der Waals surface area contributed by atoms with E-state index in [1.165, 1.54) is 10.7 Å². The van der Waals surface area contributed by atoms with Crippen molar-refractivity contribution in [3.8, 4) is 5.75 Å². The van der Waals surface area contributed by atoms with Gasteiger partial charge in [0, 0.05) is 17.3 Å². The number of amides is 1. The van der Waals surface area contributed by atoms with E-state index in [0.29, 0.717) is 16.8 Å². The van der Waals surface area contributed by atoms with Crippen LogP contribution in [-0.2, 0) is 6.73 Å². The summed E-state index contributed by atoms with van der Waals surface area (Å²) < 4.78 is 33.5. The molecular formula is C18H14ClF2N3O2. The predicted molar refractivity (Wildman–Crippen MR) is 93.4 cm³/mol. The lowest BCUT2D eigenvalue weighted by Gasteiger charge is -2.08. The molecule has 0 spiro atoms. The summed E-state index contributed by atoms with van der Waals surface area (Å²) in [5, 5.41) is 7.05. The van der Waals surface area contributed by atoms with Gasteiger partial charge in [0.25, 0.3) is 5.91 Å². The van der Waals surface area contributed by atoms with Crippen LogP contribution in [0.4, 0.5) is 14.5 Å². The Kier molecular flexibility index (Phi) is 5.18. The van der Waals surface area contributed by atoms with Crippen LogP contribution < -0.4 is 10.1 Å². The molecule has 0 unspecified atom stereocenters. The Balaban J connectivity index is 1.63. The molecule has 0 aliphatic heterocycles. The summed E-state index contributed by atoms with van der Waals surface area (Å²) in [4.78, 5) is 12.1. The smallest absolute Gasteiger partial charge is 0.276 e. The maximum absolute atomic E-state index is 13.6. The maximum Gasteiger partial charge on any atom is 0.276 e. The van der Waals surface area contributed by atoms with E-state index in [4.69, 9.17) is 16.3 Å². The second-order valence-electron chi connectivity index (χ2n) is 5.50. The van der Waals surface area contributed by atoms with Crippen molar-refractivity contribution in [3.63, 3.8) is 0 Å². The Hall–Kier alpha value is -2.93. The molecule has 1 amide bonds. The Morgan fingerprint density at radius 1 is 1.23 bits per heavy atom. The average molecular weight is 378 g/mol. The molecule has 0 aliphatic rings. The van der Waals surface area contributed by atoms with Gasteiger partial charge in [0.05, 0.1) is 5.69 Å². The zero-order valence-electron chi connectivity index (χ0n) is 13.7. The number of rotatable bonds is 5. The van der Waals surface area contributed by atoms with Crippen molar-refractivity contribution >= 4 is 23.2 Å². The van der Waals surface area contributed by atoms with Crippen molar-refractivity contribution in [3.05, 3.63) is 76.6 Å². The number of aromatic nitrogens is 2. The first-order valence-electron chi connectivity index (χ1n) is 7.61. The van der Waals surface area contributed by atoms with E-state index in [1.54, 1.807) is 24.4 Å². The number of nitrogens with one attached hydrogen (secondary N) is 1. The van der Waals surface area contributed by atoms with Crippen molar-refractivity contribution in [2.75, 3.05) is 5.32 Å². The average Bonchev–Trinajstić information content (AvgIpc) is 3.07. The van der Waals surface area contributed by atoms with Gasteiger partial charge in [0.2, 0.25) is 0 Å². The molecule has 3 rings (SSSR count). The number of nitrogens with zero attached hydrogens (tertiary/aromatic N) is 2. The first kappa shape index (κ1) is 17.9. The molecule has 134 valence electrons. The van der Waals surface area contributed by atoms with Gasteiger partial charge in [0.15, 0.2) is 12.4 Å². The fourth-order valence-corrected chi connectivity index (χ4v) is 2.30. The monoisotopic (exact) mass is 377 g/mol. The molecule has 1 aromatic heterocycles. The molecule has 0 radical (unpaired) electrons. The van der Waals surface area contributed by atoms with E-state index in [0.717, 1.165) is 17.7 Å². The SMILES string of the molecule is Cc1cc(OCn2ccc(C(=O)Nc3ccc(F)cc3F)n2)ccc1Cl. The number of aryl methyl sites for hydroxylation is 1. The minimum absolute atomic E-state index is 0.0737. The van der Waals surface area contributed by atoms with E-state index in [-0.39, 0.29) is 18.1 Å². The Bertz CT molecular complexity index is 959. The summed E-state index contributed by atoms with van der Waals surface area (Å²) in [5.41, 5.74) is 0.828. The third kappa shape index (κ3) is 4.18. The first-order valence-corrected chi connectivity index (χ1v) is 7.99. The van der Waals surface area contributed by atoms with E-state index in [1.807, 2.05) is 6.92 Å². The zero-order chi connectivity index (χ0) is 18.7. The first-order chi connectivity index (χ1) is 12.4. The quantitative estimate of drug-likeness (QED) is 0.716. The van der Waals surface area contributed by atoms with Gasteiger partial charge in [-0.05, 0) is 48.9 Å². The van der Waals surface area contributed by atoms with Crippen LogP contribution >= 0.6 is 11.6 Å². The van der Waals surface area contributed by atoms with Gasteiger partial charge in [-0.3, -0.25) is 4.79 Å². The highest BCUT2D eigenvalue weighted by molar-refractivity contribution is 6.31. The summed E-state index contributed by atoms with van der Waals surface area (Å²) in [6.45, 7) is 1.94. The van der Waals surface area contributed by atoms with Crippen molar-refractivity contribution in [2.45, 2.75) is 13.7 Å². The molecule has 2 aromatic carbocycles. The fraction of sp³-hybridized carbons (Fsp3) is 0.111. The highest BCUT2D eigenvalue weighted by atomic mass is 35.5. The number of anilines is 1. The largest absolute Gasteiger partial charge is 0.471 e. The number of carbonyl (C=O) groups is 1. The second kappa shape index (κ2) is 7.53. The van der Waals surface area contributed by atoms with Gasteiger partial charge >= 0.3 is 0 Å². The lowest BCUT2D eigenvalue weighted by atomic mass is 10.2. The highest BCUT2D eigenvalue weighted by Gasteiger charge is 2.13. The maximum atomic E-state index is 13.6. The highest BCUT2D eigenvalue weighted by Crippen LogP contribution is 2.21. The van der Waals surface area contributed by atoms with Crippen LogP contribution in [0.15, 0.2) is 48.7 Å². The number of halogens is 3. The third-order valence-corrected chi connectivity index (χ3v) is 3.97. The summed E-state index contributed by atoms with van der Waals surface area (Å²) in [6, 6.07) is 9.60. The van der Waals surface area contributed by atoms with Crippen molar-refractivity contribution < 1.29 is 18.3 Å². The van der Waals surface area contributed by atoms with E-state index in [9.17, 15) is 13.6 Å². The lowest BCUT2D eigenvalue weighted by molar-refractivity contribution is 0.101. The molecule has 0 saturated heterocycles. The summed E-state index contributed by atoms with van der Waals surface area (Å²) in [6.07, 6.45) is 1.55. The van der Waals surface area contributed by atoms with Gasteiger partial charge in [-0.25, -0.2) is 13.5 Å². The normalized spacial score (nSPS) is 10.6. The summed E-state index contributed by atoms with van der Waals surface area (Å²) >= 11 is 5.96. The molecule has 1 N–H and O–H groups in total.